The van der Waals surface area contributed by atoms with Crippen LogP contribution in [0, 0.1) is 0 Å². The number of H-pyrrole nitrogens is 1. The van der Waals surface area contributed by atoms with Crippen LogP contribution in [0.3, 0.4) is 0 Å². The van der Waals surface area contributed by atoms with Crippen LogP contribution in [0.5, 0.6) is 0 Å². The number of aromatic nitrogens is 4. The van der Waals surface area contributed by atoms with Crippen molar-refractivity contribution < 1.29 is 0 Å². The summed E-state index contributed by atoms with van der Waals surface area (Å²) in [5.41, 5.74) is 8.46. The Balaban J connectivity index is 2.34. The molecule has 0 fully saturated rings. The Hall–Kier alpha value is -2.30. The molecule has 0 atom stereocenters. The lowest BCUT2D eigenvalue weighted by molar-refractivity contribution is 0.784. The third-order valence-electron chi connectivity index (χ3n) is 2.59. The third kappa shape index (κ3) is 1.18. The Bertz CT molecular complexity index is 649. The Labute approximate surface area is 91.9 Å². The number of hydrogen-bond acceptors (Lipinski definition) is 3. The van der Waals surface area contributed by atoms with Gasteiger partial charge in [-0.25, -0.2) is 0 Å². The summed E-state index contributed by atoms with van der Waals surface area (Å²) in [6.07, 6.45) is 0. The lowest BCUT2D eigenvalue weighted by Crippen LogP contribution is -1.93. The number of nitrogen functional groups attached to an aromatic ring is 1. The Morgan fingerprint density at radius 3 is 2.88 bits per heavy atom. The largest absolute Gasteiger partial charge is 0.382 e. The number of benzene rings is 1. The molecule has 0 saturated carbocycles. The van der Waals surface area contributed by atoms with Gasteiger partial charge in [0, 0.05) is 18.5 Å². The molecule has 3 N–H and O–H groups in total. The molecule has 1 aromatic carbocycles. The Kier molecular flexibility index (Phi) is 1.73. The van der Waals surface area contributed by atoms with E-state index >= 15 is 0 Å². The number of nitrogens with two attached hydrogens (primary N) is 1. The topological polar surface area (TPSA) is 72.5 Å². The highest BCUT2D eigenvalue weighted by atomic mass is 15.3. The highest BCUT2D eigenvalue weighted by molar-refractivity contribution is 5.92. The van der Waals surface area contributed by atoms with Crippen LogP contribution in [0.2, 0.25) is 0 Å². The molecule has 0 radical (unpaired) electrons. The summed E-state index contributed by atoms with van der Waals surface area (Å²) >= 11 is 0. The summed E-state index contributed by atoms with van der Waals surface area (Å²) in [5, 5.41) is 12.4. The van der Waals surface area contributed by atoms with Gasteiger partial charge in [-0.15, -0.1) is 0 Å². The van der Waals surface area contributed by atoms with Crippen molar-refractivity contribution in [1.82, 2.24) is 20.0 Å². The molecule has 3 aromatic rings. The second-order valence-corrected chi connectivity index (χ2v) is 3.70. The number of anilines is 1. The monoisotopic (exact) mass is 213 g/mol. The number of nitrogens with zero attached hydrogens (tertiary/aromatic N) is 3. The van der Waals surface area contributed by atoms with Crippen molar-refractivity contribution in [3.8, 4) is 11.4 Å². The van der Waals surface area contributed by atoms with Gasteiger partial charge in [-0.3, -0.25) is 9.78 Å². The number of nitrogens with one attached hydrogen (secondary N) is 1. The van der Waals surface area contributed by atoms with Crippen molar-refractivity contribution in [1.29, 1.82) is 0 Å². The predicted molar refractivity (Wildman–Crippen MR) is 62.7 cm³/mol. The van der Waals surface area contributed by atoms with E-state index in [0.717, 1.165) is 22.3 Å². The van der Waals surface area contributed by atoms with E-state index in [1.807, 2.05) is 42.1 Å². The Morgan fingerprint density at radius 1 is 1.31 bits per heavy atom. The highest BCUT2D eigenvalue weighted by Gasteiger charge is 2.12. The van der Waals surface area contributed by atoms with Gasteiger partial charge in [0.2, 0.25) is 0 Å². The SMILES string of the molecule is Cn1nc2ccccc2c1-c1cc(N)n[nH]1. The molecule has 2 aromatic heterocycles. The van der Waals surface area contributed by atoms with Crippen LogP contribution in [0.15, 0.2) is 30.3 Å². The molecule has 0 aliphatic rings. The molecule has 5 nitrogen and oxygen atoms in total. The molecule has 2 heterocycles. The van der Waals surface area contributed by atoms with E-state index < -0.39 is 0 Å². The smallest absolute Gasteiger partial charge is 0.145 e. The first-order chi connectivity index (χ1) is 7.75. The van der Waals surface area contributed by atoms with Crippen molar-refractivity contribution in [2.75, 3.05) is 5.73 Å². The van der Waals surface area contributed by atoms with E-state index in [2.05, 4.69) is 15.3 Å². The van der Waals surface area contributed by atoms with Crippen LogP contribution in [0.1, 0.15) is 0 Å². The first-order valence-electron chi connectivity index (χ1n) is 4.99. The normalized spacial score (nSPS) is 11.1. The summed E-state index contributed by atoms with van der Waals surface area (Å²) in [4.78, 5) is 0. The van der Waals surface area contributed by atoms with Gasteiger partial charge in [-0.05, 0) is 6.07 Å². The summed E-state index contributed by atoms with van der Waals surface area (Å²) in [6, 6.07) is 9.80. The maximum atomic E-state index is 5.61. The van der Waals surface area contributed by atoms with Gasteiger partial charge >= 0.3 is 0 Å². The number of aryl methyl sites for hydroxylation is 1. The minimum absolute atomic E-state index is 0.486. The van der Waals surface area contributed by atoms with E-state index in [0.29, 0.717) is 5.82 Å². The number of fused-ring (bicyclic) bond motifs is 1. The molecule has 0 saturated heterocycles. The molecule has 5 heteroatoms. The van der Waals surface area contributed by atoms with Crippen LogP contribution >= 0.6 is 0 Å². The third-order valence-corrected chi connectivity index (χ3v) is 2.59. The average Bonchev–Trinajstić information content (AvgIpc) is 2.80. The molecule has 16 heavy (non-hydrogen) atoms. The van der Waals surface area contributed by atoms with Crippen molar-refractivity contribution in [3.05, 3.63) is 30.3 Å². The number of rotatable bonds is 1. The first kappa shape index (κ1) is 8.96. The zero-order chi connectivity index (χ0) is 11.1. The molecule has 0 unspecified atom stereocenters. The van der Waals surface area contributed by atoms with E-state index in [1.54, 1.807) is 0 Å². The lowest BCUT2D eigenvalue weighted by Gasteiger charge is -1.97. The average molecular weight is 213 g/mol. The van der Waals surface area contributed by atoms with Crippen molar-refractivity contribution >= 4 is 16.7 Å². The fraction of sp³-hybridized carbons (Fsp3) is 0.0909. The van der Waals surface area contributed by atoms with Crippen LogP contribution in [0.4, 0.5) is 5.82 Å². The zero-order valence-electron chi connectivity index (χ0n) is 8.81. The molecule has 0 bridgehead atoms. The zero-order valence-corrected chi connectivity index (χ0v) is 8.81. The van der Waals surface area contributed by atoms with Crippen LogP contribution in [-0.4, -0.2) is 20.0 Å². The van der Waals surface area contributed by atoms with E-state index in [4.69, 9.17) is 5.73 Å². The molecule has 80 valence electrons. The predicted octanol–water partition coefficient (Wildman–Crippen LogP) is 1.55. The molecule has 0 aliphatic carbocycles. The summed E-state index contributed by atoms with van der Waals surface area (Å²) in [5.74, 6) is 0.486. The van der Waals surface area contributed by atoms with Gasteiger partial charge in [-0.2, -0.15) is 10.2 Å². The Morgan fingerprint density at radius 2 is 2.12 bits per heavy atom. The number of hydrogen-bond donors (Lipinski definition) is 2. The van der Waals surface area contributed by atoms with Crippen molar-refractivity contribution in [3.63, 3.8) is 0 Å². The molecular formula is C11H11N5. The minimum Gasteiger partial charge on any atom is -0.382 e. The van der Waals surface area contributed by atoms with Gasteiger partial charge in [0.25, 0.3) is 0 Å². The van der Waals surface area contributed by atoms with Crippen LogP contribution in [0.25, 0.3) is 22.3 Å². The summed E-state index contributed by atoms with van der Waals surface area (Å²) in [6.45, 7) is 0. The number of aromatic amines is 1. The van der Waals surface area contributed by atoms with Gasteiger partial charge in [0.05, 0.1) is 16.9 Å². The highest BCUT2D eigenvalue weighted by Crippen LogP contribution is 2.27. The van der Waals surface area contributed by atoms with Gasteiger partial charge in [-0.1, -0.05) is 18.2 Å². The second-order valence-electron chi connectivity index (χ2n) is 3.70. The summed E-state index contributed by atoms with van der Waals surface area (Å²) in [7, 11) is 1.91. The maximum absolute atomic E-state index is 5.61. The van der Waals surface area contributed by atoms with Crippen LogP contribution in [-0.2, 0) is 7.05 Å². The molecular weight excluding hydrogens is 202 g/mol. The van der Waals surface area contributed by atoms with E-state index in [-0.39, 0.29) is 0 Å². The molecule has 0 spiro atoms. The van der Waals surface area contributed by atoms with Gasteiger partial charge < -0.3 is 5.73 Å². The van der Waals surface area contributed by atoms with Crippen molar-refractivity contribution in [2.24, 2.45) is 7.05 Å². The minimum atomic E-state index is 0.486. The standard InChI is InChI=1S/C11H11N5/c1-16-11(9-6-10(12)14-13-9)7-4-2-3-5-8(7)15-16/h2-6H,1H3,(H3,12,13,14). The maximum Gasteiger partial charge on any atom is 0.145 e. The van der Waals surface area contributed by atoms with E-state index in [9.17, 15) is 0 Å². The van der Waals surface area contributed by atoms with E-state index in [1.165, 1.54) is 0 Å². The molecule has 3 rings (SSSR count). The quantitative estimate of drug-likeness (QED) is 0.644. The first-order valence-corrected chi connectivity index (χ1v) is 4.99. The fourth-order valence-corrected chi connectivity index (χ4v) is 1.92. The lowest BCUT2D eigenvalue weighted by atomic mass is 10.1. The van der Waals surface area contributed by atoms with Crippen molar-refractivity contribution in [2.45, 2.75) is 0 Å². The van der Waals surface area contributed by atoms with Gasteiger partial charge in [0.1, 0.15) is 5.82 Å². The van der Waals surface area contributed by atoms with Gasteiger partial charge in [0.15, 0.2) is 0 Å². The molecule has 0 amide bonds. The molecule has 0 aliphatic heterocycles. The van der Waals surface area contributed by atoms with Crippen LogP contribution < -0.4 is 5.73 Å². The fourth-order valence-electron chi connectivity index (χ4n) is 1.92. The summed E-state index contributed by atoms with van der Waals surface area (Å²) < 4.78 is 1.83. The second kappa shape index (κ2) is 3.10.